The van der Waals surface area contributed by atoms with Gasteiger partial charge in [0.2, 0.25) is 11.8 Å². The number of hydrogen-bond acceptors (Lipinski definition) is 7. The van der Waals surface area contributed by atoms with Crippen LogP contribution in [0.5, 0.6) is 0 Å². The molecule has 2 unspecified atom stereocenters. The first kappa shape index (κ1) is 22.9. The maximum atomic E-state index is 12.3. The van der Waals surface area contributed by atoms with Crippen molar-refractivity contribution in [2.24, 2.45) is 0 Å². The van der Waals surface area contributed by atoms with E-state index in [9.17, 15) is 9.59 Å². The molecule has 2 aromatic rings. The van der Waals surface area contributed by atoms with Crippen molar-refractivity contribution in [1.82, 2.24) is 20.1 Å². The van der Waals surface area contributed by atoms with Gasteiger partial charge in [0.05, 0.1) is 21.5 Å². The molecule has 0 aliphatic carbocycles. The van der Waals surface area contributed by atoms with Gasteiger partial charge in [0.25, 0.3) is 0 Å². The van der Waals surface area contributed by atoms with E-state index in [4.69, 9.17) is 35.8 Å². The normalized spacial score (nSPS) is 24.2. The fraction of sp³-hybridized carbons (Fsp3) is 0.435. The fourth-order valence-corrected chi connectivity index (χ4v) is 5.57. The highest BCUT2D eigenvalue weighted by molar-refractivity contribution is 7.80. The molecular formula is C23H25Cl2N5O2S. The summed E-state index contributed by atoms with van der Waals surface area (Å²) in [5.74, 6) is 0.446. The molecule has 2 amide bonds. The number of hydrogen-bond donors (Lipinski definition) is 2. The number of nitrogens with zero attached hydrogens (tertiary/aromatic N) is 4. The highest BCUT2D eigenvalue weighted by atomic mass is 35.5. The number of thiol groups is 1. The monoisotopic (exact) mass is 505 g/mol. The van der Waals surface area contributed by atoms with Crippen LogP contribution in [0.15, 0.2) is 30.5 Å². The van der Waals surface area contributed by atoms with E-state index in [1.165, 1.54) is 11.1 Å². The van der Waals surface area contributed by atoms with Gasteiger partial charge in [0, 0.05) is 58.0 Å². The molecule has 0 bridgehead atoms. The summed E-state index contributed by atoms with van der Waals surface area (Å²) in [6.45, 7) is 5.11. The van der Waals surface area contributed by atoms with Crippen molar-refractivity contribution in [2.75, 3.05) is 31.1 Å². The Morgan fingerprint density at radius 3 is 2.61 bits per heavy atom. The molecule has 1 aromatic carbocycles. The molecule has 2 saturated heterocycles. The third kappa shape index (κ3) is 4.72. The minimum absolute atomic E-state index is 0.151. The summed E-state index contributed by atoms with van der Waals surface area (Å²) < 4.78 is 0. The Kier molecular flexibility index (Phi) is 6.55. The van der Waals surface area contributed by atoms with Crippen LogP contribution in [0.3, 0.4) is 0 Å². The van der Waals surface area contributed by atoms with E-state index in [1.807, 2.05) is 6.07 Å². The highest BCUT2D eigenvalue weighted by Crippen LogP contribution is 2.39. The number of fused-ring (bicyclic) bond motifs is 1. The van der Waals surface area contributed by atoms with Crippen LogP contribution in [0.4, 0.5) is 5.82 Å². The number of imide groups is 1. The van der Waals surface area contributed by atoms with Gasteiger partial charge in [-0.25, -0.2) is 4.98 Å². The van der Waals surface area contributed by atoms with E-state index >= 15 is 0 Å². The molecule has 0 radical (unpaired) electrons. The predicted molar refractivity (Wildman–Crippen MR) is 132 cm³/mol. The second kappa shape index (κ2) is 9.43. The molecule has 5 rings (SSSR count). The molecule has 3 aliphatic rings. The SMILES string of the molecule is O=C1CCC(N2Cc3ccc(CN4CCN(c5cc(Cl)c(Cl)cn5)CC4)cc3C2S)C(=O)N1. The molecule has 0 saturated carbocycles. The average Bonchev–Trinajstić information content (AvgIpc) is 3.12. The molecule has 2 fully saturated rings. The second-order valence-corrected chi connectivity index (χ2v) is 10.1. The number of halogens is 2. The lowest BCUT2D eigenvalue weighted by Gasteiger charge is -2.35. The number of nitrogens with one attached hydrogen (secondary N) is 1. The Morgan fingerprint density at radius 2 is 1.88 bits per heavy atom. The molecule has 1 N–H and O–H groups in total. The van der Waals surface area contributed by atoms with Crippen LogP contribution in [0.25, 0.3) is 0 Å². The summed E-state index contributed by atoms with van der Waals surface area (Å²) in [7, 11) is 0. The van der Waals surface area contributed by atoms with Gasteiger partial charge >= 0.3 is 0 Å². The summed E-state index contributed by atoms with van der Waals surface area (Å²) in [6, 6.07) is 8.03. The van der Waals surface area contributed by atoms with Gasteiger partial charge < -0.3 is 4.90 Å². The van der Waals surface area contributed by atoms with E-state index in [1.54, 1.807) is 6.20 Å². The number of aromatic nitrogens is 1. The third-order valence-electron chi connectivity index (χ3n) is 6.66. The van der Waals surface area contributed by atoms with Crippen LogP contribution >= 0.6 is 35.8 Å². The standard InChI is InChI=1S/C23H25Cl2N5O2S/c24-17-10-20(26-11-18(17)25)29-7-5-28(6-8-29)12-14-1-2-15-13-30(23(33)16(15)9-14)19-3-4-21(31)27-22(19)32/h1-2,9-11,19,23,33H,3-8,12-13H2,(H,27,31,32). The first-order chi connectivity index (χ1) is 15.9. The van der Waals surface area contributed by atoms with E-state index in [-0.39, 0.29) is 23.2 Å². The molecule has 3 aliphatic heterocycles. The lowest BCUT2D eigenvalue weighted by Crippen LogP contribution is -2.51. The van der Waals surface area contributed by atoms with Crippen molar-refractivity contribution in [3.8, 4) is 0 Å². The van der Waals surface area contributed by atoms with Gasteiger partial charge in [-0.3, -0.25) is 24.7 Å². The van der Waals surface area contributed by atoms with Crippen LogP contribution in [0.2, 0.25) is 10.0 Å². The van der Waals surface area contributed by atoms with Crippen LogP contribution < -0.4 is 10.2 Å². The minimum atomic E-state index is -0.316. The number of carbonyl (C=O) groups excluding carboxylic acids is 2. The lowest BCUT2D eigenvalue weighted by atomic mass is 10.0. The van der Waals surface area contributed by atoms with Gasteiger partial charge in [-0.15, -0.1) is 0 Å². The zero-order valence-corrected chi connectivity index (χ0v) is 20.4. The maximum Gasteiger partial charge on any atom is 0.243 e. The lowest BCUT2D eigenvalue weighted by molar-refractivity contribution is -0.137. The number of amides is 2. The Labute approximate surface area is 208 Å². The van der Waals surface area contributed by atoms with E-state index in [2.05, 4.69) is 43.2 Å². The number of piperazine rings is 1. The van der Waals surface area contributed by atoms with Crippen molar-refractivity contribution in [3.05, 3.63) is 57.2 Å². The number of piperidine rings is 1. The van der Waals surface area contributed by atoms with Gasteiger partial charge in [-0.2, -0.15) is 12.6 Å². The molecule has 0 spiro atoms. The van der Waals surface area contributed by atoms with Gasteiger partial charge in [-0.1, -0.05) is 41.4 Å². The number of rotatable bonds is 4. The number of pyridine rings is 1. The Hall–Kier alpha value is -1.84. The maximum absolute atomic E-state index is 12.3. The second-order valence-electron chi connectivity index (χ2n) is 8.77. The van der Waals surface area contributed by atoms with Crippen molar-refractivity contribution in [1.29, 1.82) is 0 Å². The first-order valence-corrected chi connectivity index (χ1v) is 12.3. The van der Waals surface area contributed by atoms with Crippen LogP contribution in [0, 0.1) is 0 Å². The summed E-state index contributed by atoms with van der Waals surface area (Å²) in [5.41, 5.74) is 3.58. The predicted octanol–water partition coefficient (Wildman–Crippen LogP) is 3.26. The smallest absolute Gasteiger partial charge is 0.243 e. The zero-order valence-electron chi connectivity index (χ0n) is 18.0. The summed E-state index contributed by atoms with van der Waals surface area (Å²) >= 11 is 17.0. The summed E-state index contributed by atoms with van der Waals surface area (Å²) in [5, 5.41) is 3.30. The molecule has 33 heavy (non-hydrogen) atoms. The van der Waals surface area contributed by atoms with Gasteiger partial charge in [-0.05, 0) is 23.1 Å². The van der Waals surface area contributed by atoms with Crippen molar-refractivity contribution in [2.45, 2.75) is 37.3 Å². The molecule has 1 aromatic heterocycles. The number of anilines is 1. The van der Waals surface area contributed by atoms with Gasteiger partial charge in [0.15, 0.2) is 0 Å². The van der Waals surface area contributed by atoms with Gasteiger partial charge in [0.1, 0.15) is 5.82 Å². The summed E-state index contributed by atoms with van der Waals surface area (Å²) in [6.07, 6.45) is 2.52. The largest absolute Gasteiger partial charge is 0.354 e. The zero-order chi connectivity index (χ0) is 23.1. The van der Waals surface area contributed by atoms with E-state index < -0.39 is 0 Å². The topological polar surface area (TPSA) is 68.8 Å². The van der Waals surface area contributed by atoms with Crippen molar-refractivity contribution in [3.63, 3.8) is 0 Å². The molecule has 10 heteroatoms. The molecule has 4 heterocycles. The minimum Gasteiger partial charge on any atom is -0.354 e. The number of carbonyl (C=O) groups is 2. The molecule has 174 valence electrons. The molecule has 2 atom stereocenters. The van der Waals surface area contributed by atoms with Crippen LogP contribution in [-0.4, -0.2) is 58.8 Å². The average molecular weight is 506 g/mol. The van der Waals surface area contributed by atoms with Crippen molar-refractivity contribution >= 4 is 53.5 Å². The molecular weight excluding hydrogens is 481 g/mol. The Bertz CT molecular complexity index is 1090. The third-order valence-corrected chi connectivity index (χ3v) is 7.95. The highest BCUT2D eigenvalue weighted by Gasteiger charge is 2.39. The number of benzene rings is 1. The first-order valence-electron chi connectivity index (χ1n) is 11.1. The Morgan fingerprint density at radius 1 is 1.09 bits per heavy atom. The van der Waals surface area contributed by atoms with Crippen LogP contribution in [-0.2, 0) is 22.7 Å². The van der Waals surface area contributed by atoms with Crippen molar-refractivity contribution < 1.29 is 9.59 Å². The van der Waals surface area contributed by atoms with Crippen LogP contribution in [0.1, 0.15) is 34.9 Å². The van der Waals surface area contributed by atoms with E-state index in [0.29, 0.717) is 29.4 Å². The quantitative estimate of drug-likeness (QED) is 0.490. The molecule has 7 nitrogen and oxygen atoms in total. The fourth-order valence-electron chi connectivity index (χ4n) is 4.84. The summed E-state index contributed by atoms with van der Waals surface area (Å²) in [4.78, 5) is 35.0. The van der Waals surface area contributed by atoms with E-state index in [0.717, 1.165) is 44.1 Å². The Balaban J connectivity index is 1.21.